The second kappa shape index (κ2) is 4.69. The minimum Gasteiger partial charge on any atom is -0.396 e. The van der Waals surface area contributed by atoms with Crippen molar-refractivity contribution >= 4 is 15.9 Å². The van der Waals surface area contributed by atoms with Gasteiger partial charge in [-0.15, -0.1) is 0 Å². The molecule has 13 heavy (non-hydrogen) atoms. The fourth-order valence-electron chi connectivity index (χ4n) is 1.10. The fourth-order valence-corrected chi connectivity index (χ4v) is 1.43. The van der Waals surface area contributed by atoms with Crippen LogP contribution in [0.2, 0.25) is 0 Å². The maximum atomic E-state index is 13.2. The molecule has 72 valence electrons. The SMILES string of the molecule is NC(CCO)c1ccc(Br)cc1F. The highest BCUT2D eigenvalue weighted by Crippen LogP contribution is 2.21. The molecule has 2 nitrogen and oxygen atoms in total. The van der Waals surface area contributed by atoms with E-state index in [1.165, 1.54) is 6.07 Å². The predicted molar refractivity (Wildman–Crippen MR) is 52.7 cm³/mol. The summed E-state index contributed by atoms with van der Waals surface area (Å²) >= 11 is 3.15. The third-order valence-electron chi connectivity index (χ3n) is 1.80. The smallest absolute Gasteiger partial charge is 0.129 e. The fraction of sp³-hybridized carbons (Fsp3) is 0.333. The van der Waals surface area contributed by atoms with Gasteiger partial charge in [-0.1, -0.05) is 22.0 Å². The van der Waals surface area contributed by atoms with Crippen LogP contribution in [-0.4, -0.2) is 11.7 Å². The van der Waals surface area contributed by atoms with Crippen LogP contribution < -0.4 is 5.73 Å². The molecular weight excluding hydrogens is 237 g/mol. The number of nitrogens with two attached hydrogens (primary N) is 1. The van der Waals surface area contributed by atoms with Crippen LogP contribution in [0.3, 0.4) is 0 Å². The zero-order valence-corrected chi connectivity index (χ0v) is 8.59. The molecule has 0 spiro atoms. The highest BCUT2D eigenvalue weighted by molar-refractivity contribution is 9.10. The van der Waals surface area contributed by atoms with E-state index in [0.29, 0.717) is 16.5 Å². The van der Waals surface area contributed by atoms with E-state index in [0.717, 1.165) is 0 Å². The van der Waals surface area contributed by atoms with E-state index in [4.69, 9.17) is 10.8 Å². The molecule has 4 heteroatoms. The Hall–Kier alpha value is -0.450. The van der Waals surface area contributed by atoms with Gasteiger partial charge in [0.1, 0.15) is 5.82 Å². The predicted octanol–water partition coefficient (Wildman–Crippen LogP) is 1.97. The zero-order chi connectivity index (χ0) is 9.84. The molecule has 0 amide bonds. The number of halogens is 2. The second-order valence-corrected chi connectivity index (χ2v) is 3.70. The van der Waals surface area contributed by atoms with Crippen molar-refractivity contribution in [1.29, 1.82) is 0 Å². The van der Waals surface area contributed by atoms with Gasteiger partial charge >= 0.3 is 0 Å². The van der Waals surface area contributed by atoms with Gasteiger partial charge in [-0.2, -0.15) is 0 Å². The van der Waals surface area contributed by atoms with Crippen LogP contribution >= 0.6 is 15.9 Å². The van der Waals surface area contributed by atoms with E-state index in [1.54, 1.807) is 12.1 Å². The molecule has 1 aromatic rings. The summed E-state index contributed by atoms with van der Waals surface area (Å²) in [5, 5.41) is 8.63. The zero-order valence-electron chi connectivity index (χ0n) is 7.00. The van der Waals surface area contributed by atoms with Crippen molar-refractivity contribution in [1.82, 2.24) is 0 Å². The Morgan fingerprint density at radius 3 is 2.77 bits per heavy atom. The molecule has 1 unspecified atom stereocenters. The van der Waals surface area contributed by atoms with Crippen molar-refractivity contribution in [3.05, 3.63) is 34.1 Å². The Kier molecular flexibility index (Phi) is 3.84. The van der Waals surface area contributed by atoms with Crippen molar-refractivity contribution in [2.45, 2.75) is 12.5 Å². The molecule has 1 aromatic carbocycles. The average Bonchev–Trinajstić information content (AvgIpc) is 2.04. The highest BCUT2D eigenvalue weighted by Gasteiger charge is 2.10. The van der Waals surface area contributed by atoms with E-state index < -0.39 is 6.04 Å². The molecule has 0 saturated carbocycles. The van der Waals surface area contributed by atoms with Crippen LogP contribution in [0.25, 0.3) is 0 Å². The summed E-state index contributed by atoms with van der Waals surface area (Å²) in [6.07, 6.45) is 0.374. The largest absolute Gasteiger partial charge is 0.396 e. The van der Waals surface area contributed by atoms with Gasteiger partial charge < -0.3 is 10.8 Å². The first-order chi connectivity index (χ1) is 6.15. The minimum atomic E-state index is -0.432. The maximum absolute atomic E-state index is 13.2. The van der Waals surface area contributed by atoms with Crippen molar-refractivity contribution in [3.63, 3.8) is 0 Å². The number of hydrogen-bond acceptors (Lipinski definition) is 2. The second-order valence-electron chi connectivity index (χ2n) is 2.78. The van der Waals surface area contributed by atoms with Crippen LogP contribution in [-0.2, 0) is 0 Å². The Morgan fingerprint density at radius 2 is 2.23 bits per heavy atom. The van der Waals surface area contributed by atoms with Crippen LogP contribution in [0.5, 0.6) is 0 Å². The first kappa shape index (κ1) is 10.6. The van der Waals surface area contributed by atoms with Gasteiger partial charge in [-0.3, -0.25) is 0 Å². The maximum Gasteiger partial charge on any atom is 0.129 e. The molecule has 0 aliphatic rings. The molecule has 1 atom stereocenters. The molecular formula is C9H11BrFNO. The van der Waals surface area contributed by atoms with Crippen molar-refractivity contribution < 1.29 is 9.50 Å². The molecule has 0 aliphatic carbocycles. The molecule has 0 heterocycles. The lowest BCUT2D eigenvalue weighted by molar-refractivity contribution is 0.275. The summed E-state index contributed by atoms with van der Waals surface area (Å²) in [5.74, 6) is -0.338. The summed E-state index contributed by atoms with van der Waals surface area (Å²) in [6.45, 7) is -0.0311. The third kappa shape index (κ3) is 2.76. The van der Waals surface area contributed by atoms with Gasteiger partial charge in [0.15, 0.2) is 0 Å². The van der Waals surface area contributed by atoms with Gasteiger partial charge in [0.2, 0.25) is 0 Å². The lowest BCUT2D eigenvalue weighted by Gasteiger charge is -2.11. The number of benzene rings is 1. The summed E-state index contributed by atoms with van der Waals surface area (Å²) < 4.78 is 13.9. The summed E-state index contributed by atoms with van der Waals surface area (Å²) in [5.41, 5.74) is 6.08. The van der Waals surface area contributed by atoms with Gasteiger partial charge in [0.05, 0.1) is 0 Å². The van der Waals surface area contributed by atoms with Crippen LogP contribution in [0, 0.1) is 5.82 Å². The van der Waals surface area contributed by atoms with E-state index in [1.807, 2.05) is 0 Å². The number of aliphatic hydroxyl groups excluding tert-OH is 1. The van der Waals surface area contributed by atoms with Gasteiger partial charge in [0, 0.05) is 22.7 Å². The quantitative estimate of drug-likeness (QED) is 0.858. The Balaban J connectivity index is 2.88. The Labute approximate surface area is 84.7 Å². The van der Waals surface area contributed by atoms with E-state index in [-0.39, 0.29) is 12.4 Å². The van der Waals surface area contributed by atoms with Crippen LogP contribution in [0.1, 0.15) is 18.0 Å². The molecule has 1 rings (SSSR count). The first-order valence-corrected chi connectivity index (χ1v) is 4.76. The molecule has 0 aliphatic heterocycles. The molecule has 0 aromatic heterocycles. The van der Waals surface area contributed by atoms with Gasteiger partial charge in [0.25, 0.3) is 0 Å². The van der Waals surface area contributed by atoms with Crippen molar-refractivity contribution in [2.75, 3.05) is 6.61 Å². The number of hydrogen-bond donors (Lipinski definition) is 2. The topological polar surface area (TPSA) is 46.2 Å². The molecule has 0 saturated heterocycles. The molecule has 0 radical (unpaired) electrons. The van der Waals surface area contributed by atoms with Crippen LogP contribution in [0.4, 0.5) is 4.39 Å². The number of rotatable bonds is 3. The minimum absolute atomic E-state index is 0.0311. The standard InChI is InChI=1S/C9H11BrFNO/c10-6-1-2-7(8(11)5-6)9(12)3-4-13/h1-2,5,9,13H,3-4,12H2. The van der Waals surface area contributed by atoms with E-state index >= 15 is 0 Å². The van der Waals surface area contributed by atoms with Gasteiger partial charge in [-0.05, 0) is 18.6 Å². The summed E-state index contributed by atoms with van der Waals surface area (Å²) in [6, 6.07) is 4.29. The summed E-state index contributed by atoms with van der Waals surface area (Å²) in [7, 11) is 0. The third-order valence-corrected chi connectivity index (χ3v) is 2.30. The number of aliphatic hydroxyl groups is 1. The first-order valence-electron chi connectivity index (χ1n) is 3.96. The molecule has 3 N–H and O–H groups in total. The Bertz CT molecular complexity index is 293. The van der Waals surface area contributed by atoms with Crippen LogP contribution in [0.15, 0.2) is 22.7 Å². The Morgan fingerprint density at radius 1 is 1.54 bits per heavy atom. The van der Waals surface area contributed by atoms with Gasteiger partial charge in [-0.25, -0.2) is 4.39 Å². The van der Waals surface area contributed by atoms with Crippen molar-refractivity contribution in [2.24, 2.45) is 5.73 Å². The lowest BCUT2D eigenvalue weighted by Crippen LogP contribution is -2.13. The lowest BCUT2D eigenvalue weighted by atomic mass is 10.0. The normalized spacial score (nSPS) is 12.9. The van der Waals surface area contributed by atoms with E-state index in [9.17, 15) is 4.39 Å². The molecule has 0 fully saturated rings. The summed E-state index contributed by atoms with van der Waals surface area (Å²) in [4.78, 5) is 0. The molecule has 0 bridgehead atoms. The van der Waals surface area contributed by atoms with Crippen molar-refractivity contribution in [3.8, 4) is 0 Å². The monoisotopic (exact) mass is 247 g/mol. The van der Waals surface area contributed by atoms with E-state index in [2.05, 4.69) is 15.9 Å². The average molecular weight is 248 g/mol. The highest BCUT2D eigenvalue weighted by atomic mass is 79.9.